The van der Waals surface area contributed by atoms with Crippen LogP contribution < -0.4 is 11.0 Å². The van der Waals surface area contributed by atoms with E-state index in [1.54, 1.807) is 12.1 Å². The van der Waals surface area contributed by atoms with Crippen LogP contribution in [-0.4, -0.2) is 39.9 Å². The molecule has 0 spiro atoms. The van der Waals surface area contributed by atoms with E-state index in [-0.39, 0.29) is 17.6 Å². The predicted molar refractivity (Wildman–Crippen MR) is 91.7 cm³/mol. The molecule has 1 fully saturated rings. The molecule has 124 valence electrons. The first-order valence-corrected chi connectivity index (χ1v) is 8.40. The Bertz CT molecular complexity index is 726. The number of anilines is 1. The van der Waals surface area contributed by atoms with Gasteiger partial charge in [-0.05, 0) is 51.1 Å². The minimum absolute atomic E-state index is 0.00260. The summed E-state index contributed by atoms with van der Waals surface area (Å²) >= 11 is 0. The van der Waals surface area contributed by atoms with E-state index in [0.29, 0.717) is 11.2 Å². The van der Waals surface area contributed by atoms with E-state index in [9.17, 15) is 9.59 Å². The van der Waals surface area contributed by atoms with Crippen LogP contribution in [0.25, 0.3) is 11.0 Å². The first-order chi connectivity index (χ1) is 11.1. The lowest BCUT2D eigenvalue weighted by Crippen LogP contribution is -2.43. The van der Waals surface area contributed by atoms with Crippen LogP contribution in [0.1, 0.15) is 39.0 Å². The van der Waals surface area contributed by atoms with E-state index in [1.807, 2.05) is 13.0 Å². The van der Waals surface area contributed by atoms with Crippen molar-refractivity contribution in [2.75, 3.05) is 18.4 Å². The first kappa shape index (κ1) is 15.8. The molecule has 0 saturated carbocycles. The smallest absolute Gasteiger partial charge is 0.323 e. The highest BCUT2D eigenvalue weighted by Gasteiger charge is 2.21. The van der Waals surface area contributed by atoms with Crippen LogP contribution in [-0.2, 0) is 4.79 Å². The number of hydrogen-bond acceptors (Lipinski definition) is 3. The normalized spacial score (nSPS) is 18.3. The third kappa shape index (κ3) is 3.82. The van der Waals surface area contributed by atoms with E-state index in [0.717, 1.165) is 31.4 Å². The number of rotatable bonds is 3. The van der Waals surface area contributed by atoms with Crippen LogP contribution >= 0.6 is 0 Å². The molecule has 6 heteroatoms. The van der Waals surface area contributed by atoms with Crippen molar-refractivity contribution in [1.82, 2.24) is 14.9 Å². The van der Waals surface area contributed by atoms with Gasteiger partial charge in [0.15, 0.2) is 0 Å². The molecule has 1 saturated heterocycles. The maximum Gasteiger partial charge on any atom is 0.323 e. The zero-order valence-corrected chi connectivity index (χ0v) is 13.5. The summed E-state index contributed by atoms with van der Waals surface area (Å²) in [6.07, 6.45) is 6.14. The molecule has 2 aromatic rings. The average Bonchev–Trinajstić information content (AvgIpc) is 2.85. The Kier molecular flexibility index (Phi) is 4.81. The molecule has 1 aliphatic rings. The molecule has 1 amide bonds. The third-order valence-corrected chi connectivity index (χ3v) is 4.60. The summed E-state index contributed by atoms with van der Waals surface area (Å²) in [6.45, 7) is 3.94. The predicted octanol–water partition coefficient (Wildman–Crippen LogP) is 2.45. The van der Waals surface area contributed by atoms with Gasteiger partial charge in [-0.2, -0.15) is 0 Å². The number of hydrogen-bond donors (Lipinski definition) is 3. The second-order valence-corrected chi connectivity index (χ2v) is 6.31. The molecular weight excluding hydrogens is 292 g/mol. The van der Waals surface area contributed by atoms with E-state index in [4.69, 9.17) is 0 Å². The van der Waals surface area contributed by atoms with Crippen LogP contribution in [0.4, 0.5) is 5.69 Å². The highest BCUT2D eigenvalue weighted by atomic mass is 16.2. The Balaban J connectivity index is 1.67. The van der Waals surface area contributed by atoms with Gasteiger partial charge in [-0.15, -0.1) is 0 Å². The number of fused-ring (bicyclic) bond motifs is 1. The van der Waals surface area contributed by atoms with Crippen LogP contribution in [0, 0.1) is 0 Å². The molecule has 3 rings (SSSR count). The molecule has 3 N–H and O–H groups in total. The van der Waals surface area contributed by atoms with Crippen molar-refractivity contribution in [3.8, 4) is 0 Å². The number of nitrogens with one attached hydrogen (secondary N) is 3. The standard InChI is InChI=1S/C17H24N4O2/c1-12(21-9-5-3-2-4-6-10-21)16(22)18-13-7-8-14-15(11-13)20-17(23)19-14/h7-8,11-12H,2-6,9-10H2,1H3,(H,18,22)(H2,19,20,23)/t12-/m1/s1. The molecule has 0 bridgehead atoms. The van der Waals surface area contributed by atoms with Crippen molar-refractivity contribution in [3.05, 3.63) is 28.7 Å². The Hall–Kier alpha value is -2.08. The van der Waals surface area contributed by atoms with Gasteiger partial charge in [0.25, 0.3) is 0 Å². The summed E-state index contributed by atoms with van der Waals surface area (Å²) in [5.74, 6) is 0.00260. The molecule has 1 aromatic heterocycles. The Morgan fingerprint density at radius 1 is 1.09 bits per heavy atom. The van der Waals surface area contributed by atoms with Crippen molar-refractivity contribution in [2.24, 2.45) is 0 Å². The number of H-pyrrole nitrogens is 2. The van der Waals surface area contributed by atoms with Gasteiger partial charge in [-0.1, -0.05) is 19.3 Å². The number of imidazole rings is 1. The largest absolute Gasteiger partial charge is 0.325 e. The molecule has 6 nitrogen and oxygen atoms in total. The number of likely N-dealkylation sites (tertiary alicyclic amines) is 1. The zero-order valence-electron chi connectivity index (χ0n) is 13.5. The number of carbonyl (C=O) groups is 1. The summed E-state index contributed by atoms with van der Waals surface area (Å²) in [4.78, 5) is 31.5. The summed E-state index contributed by atoms with van der Waals surface area (Å²) in [7, 11) is 0. The molecule has 0 unspecified atom stereocenters. The number of nitrogens with zero attached hydrogens (tertiary/aromatic N) is 1. The lowest BCUT2D eigenvalue weighted by molar-refractivity contribution is -0.120. The van der Waals surface area contributed by atoms with Crippen LogP contribution in [0.2, 0.25) is 0 Å². The van der Waals surface area contributed by atoms with Gasteiger partial charge >= 0.3 is 5.69 Å². The fraction of sp³-hybridized carbons (Fsp3) is 0.529. The van der Waals surface area contributed by atoms with Crippen molar-refractivity contribution >= 4 is 22.6 Å². The van der Waals surface area contributed by atoms with E-state index in [2.05, 4.69) is 20.2 Å². The fourth-order valence-corrected chi connectivity index (χ4v) is 3.18. The summed E-state index contributed by atoms with van der Waals surface area (Å²) in [5, 5.41) is 2.96. The van der Waals surface area contributed by atoms with Gasteiger partial charge in [-0.25, -0.2) is 4.79 Å². The summed E-state index contributed by atoms with van der Waals surface area (Å²) in [6, 6.07) is 5.24. The lowest BCUT2D eigenvalue weighted by Gasteiger charge is -2.29. The first-order valence-electron chi connectivity index (χ1n) is 8.40. The topological polar surface area (TPSA) is 81.0 Å². The number of carbonyl (C=O) groups excluding carboxylic acids is 1. The van der Waals surface area contributed by atoms with Crippen LogP contribution in [0.5, 0.6) is 0 Å². The van der Waals surface area contributed by atoms with Crippen LogP contribution in [0.3, 0.4) is 0 Å². The van der Waals surface area contributed by atoms with Gasteiger partial charge < -0.3 is 15.3 Å². The van der Waals surface area contributed by atoms with Gasteiger partial charge in [-0.3, -0.25) is 9.69 Å². The molecule has 1 aromatic carbocycles. The van der Waals surface area contributed by atoms with Gasteiger partial charge in [0, 0.05) is 5.69 Å². The van der Waals surface area contributed by atoms with E-state index in [1.165, 1.54) is 19.3 Å². The average molecular weight is 316 g/mol. The highest BCUT2D eigenvalue weighted by molar-refractivity contribution is 5.96. The molecule has 23 heavy (non-hydrogen) atoms. The quantitative estimate of drug-likeness (QED) is 0.813. The molecule has 0 aliphatic carbocycles. The van der Waals surface area contributed by atoms with E-state index >= 15 is 0 Å². The molecular formula is C17H24N4O2. The Labute approximate surface area is 135 Å². The minimum Gasteiger partial charge on any atom is -0.325 e. The molecule has 2 heterocycles. The Morgan fingerprint density at radius 2 is 1.74 bits per heavy atom. The summed E-state index contributed by atoms with van der Waals surface area (Å²) < 4.78 is 0. The maximum absolute atomic E-state index is 12.5. The fourth-order valence-electron chi connectivity index (χ4n) is 3.18. The second-order valence-electron chi connectivity index (χ2n) is 6.31. The summed E-state index contributed by atoms with van der Waals surface area (Å²) in [5.41, 5.74) is 1.91. The number of benzene rings is 1. The minimum atomic E-state index is -0.238. The molecule has 0 radical (unpaired) electrons. The van der Waals surface area contributed by atoms with Crippen LogP contribution in [0.15, 0.2) is 23.0 Å². The molecule has 1 atom stereocenters. The molecule has 1 aliphatic heterocycles. The maximum atomic E-state index is 12.5. The third-order valence-electron chi connectivity index (χ3n) is 4.60. The number of aromatic amines is 2. The van der Waals surface area contributed by atoms with Gasteiger partial charge in [0.1, 0.15) is 0 Å². The SMILES string of the molecule is C[C@H](C(=O)Nc1ccc2[nH]c(=O)[nH]c2c1)N1CCCCCCC1. The monoisotopic (exact) mass is 316 g/mol. The number of aromatic nitrogens is 2. The second kappa shape index (κ2) is 7.00. The lowest BCUT2D eigenvalue weighted by atomic mass is 10.1. The Morgan fingerprint density at radius 3 is 2.48 bits per heavy atom. The van der Waals surface area contributed by atoms with Crippen molar-refractivity contribution < 1.29 is 4.79 Å². The zero-order chi connectivity index (χ0) is 16.2. The number of amides is 1. The van der Waals surface area contributed by atoms with Crippen molar-refractivity contribution in [3.63, 3.8) is 0 Å². The van der Waals surface area contributed by atoms with Crippen molar-refractivity contribution in [1.29, 1.82) is 0 Å². The van der Waals surface area contributed by atoms with Gasteiger partial charge in [0.2, 0.25) is 5.91 Å². The van der Waals surface area contributed by atoms with E-state index < -0.39 is 0 Å². The highest BCUT2D eigenvalue weighted by Crippen LogP contribution is 2.17. The van der Waals surface area contributed by atoms with Gasteiger partial charge in [0.05, 0.1) is 17.1 Å². The van der Waals surface area contributed by atoms with Crippen molar-refractivity contribution in [2.45, 2.75) is 45.1 Å².